The topological polar surface area (TPSA) is 149 Å². The van der Waals surface area contributed by atoms with Crippen molar-refractivity contribution in [2.75, 3.05) is 13.2 Å². The summed E-state index contributed by atoms with van der Waals surface area (Å²) >= 11 is 0. The first kappa shape index (κ1) is 83.9. The molecule has 87 heavy (non-hydrogen) atoms. The van der Waals surface area contributed by atoms with Crippen LogP contribution < -0.4 is 5.32 Å². The largest absolute Gasteiger partial charge is 0.394 e. The molecule has 7 atom stereocenters. The summed E-state index contributed by atoms with van der Waals surface area (Å²) in [5.41, 5.74) is 0. The molecule has 0 aromatic rings. The van der Waals surface area contributed by atoms with Gasteiger partial charge in [0.05, 0.1) is 25.4 Å². The molecule has 7 unspecified atom stereocenters. The van der Waals surface area contributed by atoms with Gasteiger partial charge in [0, 0.05) is 6.42 Å². The standard InChI is InChI=1S/C78H153NO8/c1-3-5-7-9-11-13-15-17-19-21-23-25-27-29-31-33-35-36-38-39-41-43-45-47-49-51-53-55-57-59-61-63-65-67-72(81)71(70-86-78-77(85)76(84)75(83)73(69-80)87-78)79-74(82)68-66-64-62-60-58-56-54-52-50-48-46-44-42-40-37-34-32-30-28-26-24-22-20-18-16-14-12-10-8-6-4-2/h65,67,71-73,75-78,80-81,83-85H,3-64,66,68-70H2,1-2H3,(H,79,82)/b67-65+. The van der Waals surface area contributed by atoms with Crippen LogP contribution in [0.2, 0.25) is 0 Å². The quantitative estimate of drug-likeness (QED) is 0.0261. The van der Waals surface area contributed by atoms with Crippen LogP contribution in [-0.2, 0) is 14.3 Å². The number of carbonyl (C=O) groups is 1. The van der Waals surface area contributed by atoms with Crippen molar-refractivity contribution in [2.24, 2.45) is 0 Å². The monoisotopic (exact) mass is 1230 g/mol. The molecule has 518 valence electrons. The highest BCUT2D eigenvalue weighted by Gasteiger charge is 2.44. The lowest BCUT2D eigenvalue weighted by Gasteiger charge is -2.40. The highest BCUT2D eigenvalue weighted by atomic mass is 16.7. The first-order valence-electron chi connectivity index (χ1n) is 39.4. The lowest BCUT2D eigenvalue weighted by molar-refractivity contribution is -0.302. The fraction of sp³-hybridized carbons (Fsp3) is 0.962. The molecule has 1 saturated heterocycles. The van der Waals surface area contributed by atoms with E-state index >= 15 is 0 Å². The van der Waals surface area contributed by atoms with E-state index in [0.717, 1.165) is 38.5 Å². The normalized spacial score (nSPS) is 17.9. The molecule has 1 rings (SSSR count). The smallest absolute Gasteiger partial charge is 0.220 e. The molecule has 6 N–H and O–H groups in total. The lowest BCUT2D eigenvalue weighted by atomic mass is 9.99. The minimum Gasteiger partial charge on any atom is -0.394 e. The summed E-state index contributed by atoms with van der Waals surface area (Å²) in [6, 6.07) is -0.803. The van der Waals surface area contributed by atoms with Gasteiger partial charge in [0.1, 0.15) is 24.4 Å². The zero-order valence-corrected chi connectivity index (χ0v) is 58.3. The Bertz CT molecular complexity index is 1380. The Hall–Kier alpha value is -1.07. The second-order valence-electron chi connectivity index (χ2n) is 27.9. The maximum Gasteiger partial charge on any atom is 0.220 e. The lowest BCUT2D eigenvalue weighted by Crippen LogP contribution is -2.60. The van der Waals surface area contributed by atoms with Crippen molar-refractivity contribution in [1.29, 1.82) is 0 Å². The zero-order valence-electron chi connectivity index (χ0n) is 58.3. The van der Waals surface area contributed by atoms with Crippen molar-refractivity contribution in [3.05, 3.63) is 12.2 Å². The number of aliphatic hydroxyl groups excluding tert-OH is 5. The predicted octanol–water partition coefficient (Wildman–Crippen LogP) is 22.2. The van der Waals surface area contributed by atoms with Gasteiger partial charge in [0.2, 0.25) is 5.91 Å². The molecule has 0 radical (unpaired) electrons. The molecule has 0 aromatic carbocycles. The molecule has 1 aliphatic heterocycles. The van der Waals surface area contributed by atoms with E-state index in [9.17, 15) is 30.3 Å². The maximum absolute atomic E-state index is 13.2. The fourth-order valence-electron chi connectivity index (χ4n) is 13.2. The van der Waals surface area contributed by atoms with Crippen molar-refractivity contribution < 1.29 is 39.8 Å². The van der Waals surface area contributed by atoms with Crippen molar-refractivity contribution >= 4 is 5.91 Å². The molecular formula is C78H153NO8. The average molecular weight is 1230 g/mol. The van der Waals surface area contributed by atoms with Gasteiger partial charge in [-0.15, -0.1) is 0 Å². The van der Waals surface area contributed by atoms with Crippen molar-refractivity contribution in [3.63, 3.8) is 0 Å². The average Bonchev–Trinajstić information content (AvgIpc) is 3.37. The van der Waals surface area contributed by atoms with Crippen molar-refractivity contribution in [3.8, 4) is 0 Å². The number of hydrogen-bond acceptors (Lipinski definition) is 8. The molecular weight excluding hydrogens is 1080 g/mol. The number of ether oxygens (including phenoxy) is 2. The van der Waals surface area contributed by atoms with E-state index in [0.29, 0.717) is 6.42 Å². The summed E-state index contributed by atoms with van der Waals surface area (Å²) in [6.45, 7) is 3.86. The highest BCUT2D eigenvalue weighted by Crippen LogP contribution is 2.24. The summed E-state index contributed by atoms with van der Waals surface area (Å²) in [5.74, 6) is -0.165. The number of unbranched alkanes of at least 4 members (excludes halogenated alkanes) is 61. The Kier molecular flexibility index (Phi) is 65.4. The van der Waals surface area contributed by atoms with Gasteiger partial charge in [-0.25, -0.2) is 0 Å². The molecule has 0 spiro atoms. The molecule has 1 aliphatic rings. The van der Waals surface area contributed by atoms with Crippen LogP contribution in [0.1, 0.15) is 425 Å². The first-order valence-corrected chi connectivity index (χ1v) is 39.4. The van der Waals surface area contributed by atoms with Crippen LogP contribution in [0.4, 0.5) is 0 Å². The Morgan fingerprint density at radius 2 is 0.632 bits per heavy atom. The Morgan fingerprint density at radius 3 is 0.897 bits per heavy atom. The number of aliphatic hydroxyl groups is 5. The minimum absolute atomic E-state index is 0.165. The Morgan fingerprint density at radius 1 is 0.379 bits per heavy atom. The number of allylic oxidation sites excluding steroid dienone is 1. The SMILES string of the molecule is CCCCCCCCCCCCCCCCCCCCCCCCCCCCCCCCC/C=C/C(O)C(COC1OC(CO)C(O)C(O)C1O)NC(=O)CCCCCCCCCCCCCCCCCCCCCCCCCCCCCCCCC. The highest BCUT2D eigenvalue weighted by molar-refractivity contribution is 5.76. The molecule has 9 nitrogen and oxygen atoms in total. The van der Waals surface area contributed by atoms with E-state index in [1.165, 1.54) is 366 Å². The van der Waals surface area contributed by atoms with Gasteiger partial charge in [0.25, 0.3) is 0 Å². The number of nitrogens with one attached hydrogen (secondary N) is 1. The van der Waals surface area contributed by atoms with Gasteiger partial charge in [0.15, 0.2) is 6.29 Å². The molecule has 0 aromatic heterocycles. The van der Waals surface area contributed by atoms with E-state index in [4.69, 9.17) is 9.47 Å². The van der Waals surface area contributed by atoms with Crippen molar-refractivity contribution in [2.45, 2.75) is 468 Å². The van der Waals surface area contributed by atoms with Gasteiger partial charge in [-0.3, -0.25) is 4.79 Å². The number of carbonyl (C=O) groups excluding carboxylic acids is 1. The van der Waals surface area contributed by atoms with E-state index in [1.807, 2.05) is 6.08 Å². The molecule has 0 aliphatic carbocycles. The summed E-state index contributed by atoms with van der Waals surface area (Å²) in [7, 11) is 0. The van der Waals surface area contributed by atoms with Crippen LogP contribution >= 0.6 is 0 Å². The van der Waals surface area contributed by atoms with Crippen LogP contribution in [0.5, 0.6) is 0 Å². The zero-order chi connectivity index (χ0) is 62.8. The van der Waals surface area contributed by atoms with Crippen LogP contribution in [-0.4, -0.2) is 87.5 Å². The molecule has 9 heteroatoms. The summed E-state index contributed by atoms with van der Waals surface area (Å²) in [4.78, 5) is 13.2. The van der Waals surface area contributed by atoms with Gasteiger partial charge in [-0.1, -0.05) is 411 Å². The number of hydrogen-bond donors (Lipinski definition) is 6. The third kappa shape index (κ3) is 56.2. The van der Waals surface area contributed by atoms with Crippen LogP contribution in [0.25, 0.3) is 0 Å². The number of rotatable bonds is 71. The van der Waals surface area contributed by atoms with E-state index in [2.05, 4.69) is 19.2 Å². The van der Waals surface area contributed by atoms with Crippen molar-refractivity contribution in [1.82, 2.24) is 5.32 Å². The third-order valence-electron chi connectivity index (χ3n) is 19.4. The van der Waals surface area contributed by atoms with E-state index in [-0.39, 0.29) is 12.5 Å². The molecule has 0 bridgehead atoms. The summed E-state index contributed by atoms with van der Waals surface area (Å²) < 4.78 is 11.3. The van der Waals surface area contributed by atoms with Gasteiger partial charge in [-0.05, 0) is 19.3 Å². The maximum atomic E-state index is 13.2. The predicted molar refractivity (Wildman–Crippen MR) is 374 cm³/mol. The molecule has 1 fully saturated rings. The molecule has 0 saturated carbocycles. The third-order valence-corrected chi connectivity index (χ3v) is 19.4. The van der Waals surface area contributed by atoms with Gasteiger partial charge < -0.3 is 40.3 Å². The minimum atomic E-state index is -1.57. The molecule has 1 amide bonds. The summed E-state index contributed by atoms with van der Waals surface area (Å²) in [6.07, 6.45) is 82.2. The van der Waals surface area contributed by atoms with Crippen LogP contribution in [0.15, 0.2) is 12.2 Å². The van der Waals surface area contributed by atoms with Gasteiger partial charge in [-0.2, -0.15) is 0 Å². The second-order valence-corrected chi connectivity index (χ2v) is 27.9. The van der Waals surface area contributed by atoms with Crippen LogP contribution in [0.3, 0.4) is 0 Å². The van der Waals surface area contributed by atoms with E-state index in [1.54, 1.807) is 6.08 Å². The Balaban J connectivity index is 2.07. The van der Waals surface area contributed by atoms with Gasteiger partial charge >= 0.3 is 0 Å². The Labute approximate surface area is 541 Å². The number of amides is 1. The fourth-order valence-corrected chi connectivity index (χ4v) is 13.2. The summed E-state index contributed by atoms with van der Waals surface area (Å²) in [5, 5.41) is 54.9. The second kappa shape index (κ2) is 67.8. The molecule has 1 heterocycles. The van der Waals surface area contributed by atoms with E-state index < -0.39 is 49.5 Å². The van der Waals surface area contributed by atoms with Crippen LogP contribution in [0, 0.1) is 0 Å². The first-order chi connectivity index (χ1) is 42.8.